The van der Waals surface area contributed by atoms with Crippen LogP contribution in [0.2, 0.25) is 0 Å². The van der Waals surface area contributed by atoms with Crippen molar-refractivity contribution in [1.82, 2.24) is 15.3 Å². The first kappa shape index (κ1) is 16.8. The number of aromatic nitrogens is 2. The summed E-state index contributed by atoms with van der Waals surface area (Å²) < 4.78 is 5.53. The molecule has 0 fully saturated rings. The number of carbonyl (C=O) groups excluding carboxylic acids is 2. The molecule has 0 spiro atoms. The number of benzene rings is 1. The molecule has 0 radical (unpaired) electrons. The van der Waals surface area contributed by atoms with Gasteiger partial charge in [0.1, 0.15) is 0 Å². The number of aryl methyl sites for hydroxylation is 1. The van der Waals surface area contributed by atoms with E-state index >= 15 is 0 Å². The molecule has 0 aliphatic carbocycles. The molecule has 0 aliphatic rings. The molecule has 0 atom stereocenters. The molecular formula is C17H16N4O3S. The smallest absolute Gasteiger partial charge is 0.407 e. The minimum absolute atomic E-state index is 0.180. The van der Waals surface area contributed by atoms with Crippen LogP contribution in [-0.4, -0.2) is 29.1 Å². The Hall–Kier alpha value is -3.00. The lowest BCUT2D eigenvalue weighted by atomic mass is 10.2. The summed E-state index contributed by atoms with van der Waals surface area (Å²) in [5.41, 5.74) is 2.64. The maximum absolute atomic E-state index is 12.4. The third-order valence-corrected chi connectivity index (χ3v) is 4.36. The van der Waals surface area contributed by atoms with Crippen molar-refractivity contribution in [3.05, 3.63) is 52.8 Å². The van der Waals surface area contributed by atoms with E-state index in [1.807, 2.05) is 25.1 Å². The van der Waals surface area contributed by atoms with Crippen LogP contribution in [-0.2, 0) is 11.3 Å². The number of ether oxygens (including phenoxy) is 1. The van der Waals surface area contributed by atoms with Crippen LogP contribution < -0.4 is 10.6 Å². The molecule has 128 valence electrons. The zero-order chi connectivity index (χ0) is 17.8. The summed E-state index contributed by atoms with van der Waals surface area (Å²) in [5.74, 6) is -0.248. The Morgan fingerprint density at radius 2 is 2.08 bits per heavy atom. The second kappa shape index (κ2) is 7.27. The van der Waals surface area contributed by atoms with Gasteiger partial charge in [0, 0.05) is 17.4 Å². The standard InChI is InChI=1S/C17H16N4O3S/c1-10-20-14-4-3-12(8-15(14)25-10)21-16(22)11-5-6-18-13(7-11)9-19-17(23)24-2/h3-8H,9H2,1-2H3,(H,19,23)(H,21,22). The number of nitrogens with zero attached hydrogens (tertiary/aromatic N) is 2. The van der Waals surface area contributed by atoms with E-state index in [-0.39, 0.29) is 12.5 Å². The number of methoxy groups -OCH3 is 1. The molecule has 2 aromatic heterocycles. The topological polar surface area (TPSA) is 93.2 Å². The fraction of sp³-hybridized carbons (Fsp3) is 0.176. The van der Waals surface area contributed by atoms with Gasteiger partial charge in [0.05, 0.1) is 34.6 Å². The van der Waals surface area contributed by atoms with Crippen molar-refractivity contribution in [2.75, 3.05) is 12.4 Å². The monoisotopic (exact) mass is 356 g/mol. The van der Waals surface area contributed by atoms with E-state index in [2.05, 4.69) is 25.3 Å². The van der Waals surface area contributed by atoms with Crippen molar-refractivity contribution < 1.29 is 14.3 Å². The molecule has 7 nitrogen and oxygen atoms in total. The van der Waals surface area contributed by atoms with Crippen molar-refractivity contribution in [1.29, 1.82) is 0 Å². The Balaban J connectivity index is 1.72. The number of anilines is 1. The zero-order valence-electron chi connectivity index (χ0n) is 13.7. The number of nitrogens with one attached hydrogen (secondary N) is 2. The largest absolute Gasteiger partial charge is 0.453 e. The Bertz CT molecular complexity index is 939. The van der Waals surface area contributed by atoms with Gasteiger partial charge in [0.2, 0.25) is 0 Å². The normalized spacial score (nSPS) is 10.5. The zero-order valence-corrected chi connectivity index (χ0v) is 14.5. The number of thiazole rings is 1. The van der Waals surface area contributed by atoms with Gasteiger partial charge in [-0.3, -0.25) is 9.78 Å². The number of amides is 2. The number of pyridine rings is 1. The van der Waals surface area contributed by atoms with Crippen LogP contribution in [0.3, 0.4) is 0 Å². The van der Waals surface area contributed by atoms with E-state index in [0.29, 0.717) is 16.9 Å². The molecule has 3 aromatic rings. The first-order chi connectivity index (χ1) is 12.0. The van der Waals surface area contributed by atoms with Crippen molar-refractivity contribution >= 4 is 39.2 Å². The highest BCUT2D eigenvalue weighted by Gasteiger charge is 2.10. The predicted octanol–water partition coefficient (Wildman–Crippen LogP) is 3.11. The van der Waals surface area contributed by atoms with Crippen LogP contribution in [0.15, 0.2) is 36.5 Å². The molecule has 2 amide bonds. The van der Waals surface area contributed by atoms with Crippen LogP contribution in [0.1, 0.15) is 21.1 Å². The van der Waals surface area contributed by atoms with E-state index in [1.165, 1.54) is 13.3 Å². The van der Waals surface area contributed by atoms with Crippen molar-refractivity contribution in [3.8, 4) is 0 Å². The highest BCUT2D eigenvalue weighted by molar-refractivity contribution is 7.18. The Morgan fingerprint density at radius 3 is 2.88 bits per heavy atom. The lowest BCUT2D eigenvalue weighted by molar-refractivity contribution is 0.102. The maximum atomic E-state index is 12.4. The summed E-state index contributed by atoms with van der Waals surface area (Å²) in [6.07, 6.45) is 0.976. The molecule has 0 bridgehead atoms. The van der Waals surface area contributed by atoms with Crippen molar-refractivity contribution in [2.45, 2.75) is 13.5 Å². The molecule has 0 saturated heterocycles. The van der Waals surface area contributed by atoms with E-state index < -0.39 is 6.09 Å². The van der Waals surface area contributed by atoms with Gasteiger partial charge in [0.25, 0.3) is 5.91 Å². The van der Waals surface area contributed by atoms with Gasteiger partial charge < -0.3 is 15.4 Å². The third kappa shape index (κ3) is 4.10. The first-order valence-electron chi connectivity index (χ1n) is 7.50. The lowest BCUT2D eigenvalue weighted by Crippen LogP contribution is -2.23. The summed E-state index contributed by atoms with van der Waals surface area (Å²) in [6.45, 7) is 2.13. The Morgan fingerprint density at radius 1 is 1.24 bits per heavy atom. The molecule has 2 N–H and O–H groups in total. The number of hydrogen-bond acceptors (Lipinski definition) is 6. The van der Waals surface area contributed by atoms with E-state index in [1.54, 1.807) is 23.5 Å². The highest BCUT2D eigenvalue weighted by atomic mass is 32.1. The number of rotatable bonds is 4. The fourth-order valence-corrected chi connectivity index (χ4v) is 3.14. The second-order valence-corrected chi connectivity index (χ2v) is 6.49. The summed E-state index contributed by atoms with van der Waals surface area (Å²) >= 11 is 1.58. The SMILES string of the molecule is COC(=O)NCc1cc(C(=O)Nc2ccc3nc(C)sc3c2)ccn1. The van der Waals surface area contributed by atoms with Crippen LogP contribution in [0.25, 0.3) is 10.2 Å². The Labute approximate surface area is 148 Å². The molecular weight excluding hydrogens is 340 g/mol. The number of fused-ring (bicyclic) bond motifs is 1. The van der Waals surface area contributed by atoms with Gasteiger partial charge >= 0.3 is 6.09 Å². The quantitative estimate of drug-likeness (QED) is 0.749. The number of carbonyl (C=O) groups is 2. The minimum Gasteiger partial charge on any atom is -0.453 e. The fourth-order valence-electron chi connectivity index (χ4n) is 2.27. The van der Waals surface area contributed by atoms with Crippen molar-refractivity contribution in [3.63, 3.8) is 0 Å². The molecule has 0 aliphatic heterocycles. The van der Waals surface area contributed by atoms with E-state index in [4.69, 9.17) is 0 Å². The molecule has 25 heavy (non-hydrogen) atoms. The summed E-state index contributed by atoms with van der Waals surface area (Å²) in [6, 6.07) is 8.85. The van der Waals surface area contributed by atoms with Gasteiger partial charge in [0.15, 0.2) is 0 Å². The van der Waals surface area contributed by atoms with E-state index in [9.17, 15) is 9.59 Å². The van der Waals surface area contributed by atoms with E-state index in [0.717, 1.165) is 15.2 Å². The molecule has 8 heteroatoms. The molecule has 0 saturated carbocycles. The van der Waals surface area contributed by atoms with Crippen LogP contribution >= 0.6 is 11.3 Å². The number of hydrogen-bond donors (Lipinski definition) is 2. The second-order valence-electron chi connectivity index (χ2n) is 5.25. The molecule has 2 heterocycles. The van der Waals surface area contributed by atoms with Crippen LogP contribution in [0.5, 0.6) is 0 Å². The molecule has 0 unspecified atom stereocenters. The first-order valence-corrected chi connectivity index (χ1v) is 8.32. The summed E-state index contributed by atoms with van der Waals surface area (Å²) in [5, 5.41) is 6.37. The lowest BCUT2D eigenvalue weighted by Gasteiger charge is -2.07. The third-order valence-electron chi connectivity index (χ3n) is 3.43. The average Bonchev–Trinajstić information content (AvgIpc) is 2.99. The molecule has 1 aromatic carbocycles. The predicted molar refractivity (Wildman–Crippen MR) is 95.8 cm³/mol. The summed E-state index contributed by atoms with van der Waals surface area (Å²) in [4.78, 5) is 32.1. The van der Waals surface area contributed by atoms with Crippen molar-refractivity contribution in [2.24, 2.45) is 0 Å². The van der Waals surface area contributed by atoms with Gasteiger partial charge in [-0.15, -0.1) is 11.3 Å². The summed E-state index contributed by atoms with van der Waals surface area (Å²) in [7, 11) is 1.29. The maximum Gasteiger partial charge on any atom is 0.407 e. The Kier molecular flexibility index (Phi) is 4.90. The highest BCUT2D eigenvalue weighted by Crippen LogP contribution is 2.25. The van der Waals surface area contributed by atoms with Gasteiger partial charge in [-0.1, -0.05) is 0 Å². The van der Waals surface area contributed by atoms with Crippen LogP contribution in [0.4, 0.5) is 10.5 Å². The average molecular weight is 356 g/mol. The van der Waals surface area contributed by atoms with Gasteiger partial charge in [-0.05, 0) is 37.3 Å². The van der Waals surface area contributed by atoms with Crippen LogP contribution in [0, 0.1) is 6.92 Å². The molecule has 3 rings (SSSR count). The van der Waals surface area contributed by atoms with Gasteiger partial charge in [-0.2, -0.15) is 0 Å². The van der Waals surface area contributed by atoms with Gasteiger partial charge in [-0.25, -0.2) is 9.78 Å². The minimum atomic E-state index is -0.551. The number of alkyl carbamates (subject to hydrolysis) is 1.